The molecule has 17 heavy (non-hydrogen) atoms. The first-order valence-corrected chi connectivity index (χ1v) is 5.65. The minimum absolute atomic E-state index is 0.172. The molecule has 0 atom stereocenters. The lowest BCUT2D eigenvalue weighted by molar-refractivity contribution is 0.321. The Morgan fingerprint density at radius 3 is 2.59 bits per heavy atom. The third-order valence-corrected chi connectivity index (χ3v) is 2.94. The lowest BCUT2D eigenvalue weighted by Crippen LogP contribution is -2.21. The van der Waals surface area contributed by atoms with Crippen LogP contribution in [-0.2, 0) is 7.05 Å². The molecule has 2 rings (SSSR count). The Balaban J connectivity index is 2.81. The fourth-order valence-corrected chi connectivity index (χ4v) is 1.78. The highest BCUT2D eigenvalue weighted by molar-refractivity contribution is 5.77. The Labute approximate surface area is 99.9 Å². The van der Waals surface area contributed by atoms with Gasteiger partial charge in [-0.3, -0.25) is 4.79 Å². The van der Waals surface area contributed by atoms with Crippen LogP contribution in [0.2, 0.25) is 0 Å². The number of aromatic nitrogens is 2. The van der Waals surface area contributed by atoms with Crippen molar-refractivity contribution in [3.63, 3.8) is 0 Å². The number of aryl methyl sites for hydroxylation is 3. The molecule has 0 aliphatic rings. The highest BCUT2D eigenvalue weighted by Crippen LogP contribution is 2.17. The van der Waals surface area contributed by atoms with Crippen LogP contribution < -0.4 is 10.3 Å². The highest BCUT2D eigenvalue weighted by Gasteiger charge is 2.10. The predicted molar refractivity (Wildman–Crippen MR) is 67.6 cm³/mol. The number of rotatable bonds is 2. The zero-order valence-corrected chi connectivity index (χ0v) is 10.6. The summed E-state index contributed by atoms with van der Waals surface area (Å²) in [6.07, 6.45) is 0. The molecule has 0 amide bonds. The van der Waals surface area contributed by atoms with E-state index in [9.17, 15) is 4.79 Å². The number of fused-ring (bicyclic) bond motifs is 1. The molecule has 0 radical (unpaired) electrons. The maximum Gasteiger partial charge on any atom is 0.313 e. The molecule has 0 bridgehead atoms. The summed E-state index contributed by atoms with van der Waals surface area (Å²) in [6, 6.07) is 3.96. The van der Waals surface area contributed by atoms with Crippen molar-refractivity contribution >= 4 is 11.0 Å². The average molecular weight is 232 g/mol. The molecule has 0 unspecified atom stereocenters. The summed E-state index contributed by atoms with van der Waals surface area (Å²) in [7, 11) is 1.74. The smallest absolute Gasteiger partial charge is 0.313 e. The number of ether oxygens (including phenoxy) is 1. The van der Waals surface area contributed by atoms with Gasteiger partial charge in [0.2, 0.25) is 0 Å². The molecule has 0 saturated heterocycles. The first-order valence-electron chi connectivity index (χ1n) is 5.65. The predicted octanol–water partition coefficient (Wildman–Crippen LogP) is 1.95. The lowest BCUT2D eigenvalue weighted by Gasteiger charge is -2.10. The summed E-state index contributed by atoms with van der Waals surface area (Å²) in [5, 5.41) is 0. The second-order valence-corrected chi connectivity index (χ2v) is 4.14. The van der Waals surface area contributed by atoms with Crippen LogP contribution in [0.15, 0.2) is 16.9 Å². The fraction of sp³-hybridized carbons (Fsp3) is 0.385. The number of hydrogen-bond acceptors (Lipinski definition) is 3. The summed E-state index contributed by atoms with van der Waals surface area (Å²) >= 11 is 0. The van der Waals surface area contributed by atoms with E-state index in [-0.39, 0.29) is 11.4 Å². The molecule has 0 N–H and O–H groups in total. The topological polar surface area (TPSA) is 44.1 Å². The molecule has 0 saturated carbocycles. The van der Waals surface area contributed by atoms with E-state index in [1.54, 1.807) is 11.6 Å². The number of benzene rings is 1. The zero-order chi connectivity index (χ0) is 12.6. The molecule has 1 aromatic carbocycles. The van der Waals surface area contributed by atoms with Crippen molar-refractivity contribution in [2.75, 3.05) is 6.61 Å². The minimum Gasteiger partial charge on any atom is -0.474 e. The van der Waals surface area contributed by atoms with E-state index in [1.807, 2.05) is 32.9 Å². The maximum atomic E-state index is 11.9. The normalized spacial score (nSPS) is 10.8. The van der Waals surface area contributed by atoms with Crippen LogP contribution in [0, 0.1) is 13.8 Å². The van der Waals surface area contributed by atoms with Gasteiger partial charge in [0.05, 0.1) is 17.6 Å². The van der Waals surface area contributed by atoms with Gasteiger partial charge in [-0.15, -0.1) is 0 Å². The molecule has 1 heterocycles. The molecule has 2 aromatic rings. The van der Waals surface area contributed by atoms with Crippen molar-refractivity contribution in [3.05, 3.63) is 33.6 Å². The van der Waals surface area contributed by atoms with Crippen LogP contribution in [0.25, 0.3) is 11.0 Å². The molecule has 0 spiro atoms. The summed E-state index contributed by atoms with van der Waals surface area (Å²) in [4.78, 5) is 16.2. The van der Waals surface area contributed by atoms with Gasteiger partial charge in [0.1, 0.15) is 0 Å². The van der Waals surface area contributed by atoms with Crippen LogP contribution in [0.4, 0.5) is 0 Å². The fourth-order valence-electron chi connectivity index (χ4n) is 1.78. The van der Waals surface area contributed by atoms with E-state index in [2.05, 4.69) is 4.98 Å². The zero-order valence-electron chi connectivity index (χ0n) is 10.6. The summed E-state index contributed by atoms with van der Waals surface area (Å²) in [5.74, 6) is 0.172. The molecule has 4 nitrogen and oxygen atoms in total. The Morgan fingerprint density at radius 1 is 1.29 bits per heavy atom. The molecular formula is C13H16N2O2. The second-order valence-electron chi connectivity index (χ2n) is 4.14. The second kappa shape index (κ2) is 4.20. The Bertz CT molecular complexity index is 629. The summed E-state index contributed by atoms with van der Waals surface area (Å²) in [6.45, 7) is 6.34. The summed E-state index contributed by atoms with van der Waals surface area (Å²) < 4.78 is 6.83. The Kier molecular flexibility index (Phi) is 2.88. The van der Waals surface area contributed by atoms with E-state index in [0.717, 1.165) is 22.2 Å². The average Bonchev–Trinajstić information content (AvgIpc) is 2.29. The van der Waals surface area contributed by atoms with Crippen LogP contribution >= 0.6 is 0 Å². The van der Waals surface area contributed by atoms with E-state index in [4.69, 9.17) is 4.74 Å². The van der Waals surface area contributed by atoms with Gasteiger partial charge in [-0.25, -0.2) is 4.98 Å². The minimum atomic E-state index is -0.192. The SMILES string of the molecule is CCOc1nc2cc(C)c(C)cc2n(C)c1=O. The van der Waals surface area contributed by atoms with Gasteiger partial charge in [0.15, 0.2) is 0 Å². The van der Waals surface area contributed by atoms with E-state index >= 15 is 0 Å². The maximum absolute atomic E-state index is 11.9. The van der Waals surface area contributed by atoms with Crippen molar-refractivity contribution < 1.29 is 4.74 Å². The van der Waals surface area contributed by atoms with Gasteiger partial charge in [-0.2, -0.15) is 0 Å². The van der Waals surface area contributed by atoms with Crippen molar-refractivity contribution in [2.24, 2.45) is 7.05 Å². The largest absolute Gasteiger partial charge is 0.474 e. The lowest BCUT2D eigenvalue weighted by atomic mass is 10.1. The van der Waals surface area contributed by atoms with Crippen molar-refractivity contribution in [1.29, 1.82) is 0 Å². The molecule has 0 aliphatic carbocycles. The molecule has 1 aromatic heterocycles. The van der Waals surface area contributed by atoms with Crippen LogP contribution in [-0.4, -0.2) is 16.2 Å². The van der Waals surface area contributed by atoms with Gasteiger partial charge in [-0.05, 0) is 44.0 Å². The number of nitrogens with zero attached hydrogens (tertiary/aromatic N) is 2. The third kappa shape index (κ3) is 1.90. The molecular weight excluding hydrogens is 216 g/mol. The Morgan fingerprint density at radius 2 is 1.94 bits per heavy atom. The van der Waals surface area contributed by atoms with Gasteiger partial charge in [0.25, 0.3) is 5.88 Å². The van der Waals surface area contributed by atoms with Crippen LogP contribution in [0.3, 0.4) is 0 Å². The van der Waals surface area contributed by atoms with Crippen LogP contribution in [0.5, 0.6) is 5.88 Å². The van der Waals surface area contributed by atoms with Gasteiger partial charge >= 0.3 is 5.56 Å². The highest BCUT2D eigenvalue weighted by atomic mass is 16.5. The van der Waals surface area contributed by atoms with E-state index in [0.29, 0.717) is 6.61 Å². The molecule has 90 valence electrons. The van der Waals surface area contributed by atoms with Gasteiger partial charge < -0.3 is 9.30 Å². The number of hydrogen-bond donors (Lipinski definition) is 0. The first kappa shape index (κ1) is 11.6. The van der Waals surface area contributed by atoms with Gasteiger partial charge in [0, 0.05) is 7.05 Å². The molecule has 4 heteroatoms. The van der Waals surface area contributed by atoms with Crippen LogP contribution in [0.1, 0.15) is 18.1 Å². The summed E-state index contributed by atoms with van der Waals surface area (Å²) in [5.41, 5.74) is 3.74. The third-order valence-electron chi connectivity index (χ3n) is 2.94. The van der Waals surface area contributed by atoms with E-state index < -0.39 is 0 Å². The van der Waals surface area contributed by atoms with Gasteiger partial charge in [-0.1, -0.05) is 0 Å². The van der Waals surface area contributed by atoms with Crippen molar-refractivity contribution in [1.82, 2.24) is 9.55 Å². The van der Waals surface area contributed by atoms with Crippen molar-refractivity contribution in [2.45, 2.75) is 20.8 Å². The molecule has 0 fully saturated rings. The van der Waals surface area contributed by atoms with E-state index in [1.165, 1.54) is 0 Å². The Hall–Kier alpha value is -1.84. The standard InChI is InChI=1S/C13H16N2O2/c1-5-17-12-13(16)15(4)11-7-9(3)8(2)6-10(11)14-12/h6-7H,5H2,1-4H3. The van der Waals surface area contributed by atoms with Crippen molar-refractivity contribution in [3.8, 4) is 5.88 Å². The first-order chi connectivity index (χ1) is 8.04. The quantitative estimate of drug-likeness (QED) is 0.795. The molecule has 0 aliphatic heterocycles. The monoisotopic (exact) mass is 232 g/mol.